The van der Waals surface area contributed by atoms with E-state index in [9.17, 15) is 4.79 Å². The minimum Gasteiger partial charge on any atom is -0.444 e. The van der Waals surface area contributed by atoms with Gasteiger partial charge < -0.3 is 4.74 Å². The Morgan fingerprint density at radius 2 is 2.15 bits per heavy atom. The molecule has 6 heteroatoms. The van der Waals surface area contributed by atoms with Crippen LogP contribution in [-0.4, -0.2) is 32.9 Å². The standard InChI is InChI=1S/C14H20N4O2/c1-9-12-10(11(8-15)17(5)16-12)6-7-18(9)13(19)20-14(2,3)4/h9H,6-7H2,1-5H3. The van der Waals surface area contributed by atoms with Crippen molar-refractivity contribution in [2.24, 2.45) is 7.05 Å². The van der Waals surface area contributed by atoms with Gasteiger partial charge in [0.1, 0.15) is 17.4 Å². The second kappa shape index (κ2) is 4.82. The molecule has 1 aromatic heterocycles. The zero-order valence-electron chi connectivity index (χ0n) is 12.6. The Balaban J connectivity index is 2.27. The molecule has 0 spiro atoms. The fraction of sp³-hybridized carbons (Fsp3) is 0.643. The van der Waals surface area contributed by atoms with Gasteiger partial charge in [0.25, 0.3) is 0 Å². The van der Waals surface area contributed by atoms with Gasteiger partial charge in [0, 0.05) is 19.2 Å². The lowest BCUT2D eigenvalue weighted by Crippen LogP contribution is -2.42. The van der Waals surface area contributed by atoms with Crippen LogP contribution in [0.2, 0.25) is 0 Å². The summed E-state index contributed by atoms with van der Waals surface area (Å²) in [5, 5.41) is 13.5. The quantitative estimate of drug-likeness (QED) is 0.728. The summed E-state index contributed by atoms with van der Waals surface area (Å²) in [6.45, 7) is 8.00. The van der Waals surface area contributed by atoms with Crippen LogP contribution in [0, 0.1) is 11.3 Å². The lowest BCUT2D eigenvalue weighted by atomic mass is 9.99. The van der Waals surface area contributed by atoms with Crippen LogP contribution in [0.4, 0.5) is 4.79 Å². The normalized spacial score (nSPS) is 18.4. The molecule has 0 aromatic carbocycles. The Hall–Kier alpha value is -2.03. The van der Waals surface area contributed by atoms with Crippen molar-refractivity contribution in [2.45, 2.75) is 45.8 Å². The third-order valence-corrected chi connectivity index (χ3v) is 3.38. The van der Waals surface area contributed by atoms with Crippen LogP contribution in [-0.2, 0) is 18.2 Å². The Morgan fingerprint density at radius 3 is 2.70 bits per heavy atom. The largest absolute Gasteiger partial charge is 0.444 e. The van der Waals surface area contributed by atoms with Crippen LogP contribution < -0.4 is 0 Å². The third kappa shape index (κ3) is 2.48. The molecule has 1 atom stereocenters. The van der Waals surface area contributed by atoms with E-state index >= 15 is 0 Å². The first-order valence-corrected chi connectivity index (χ1v) is 6.70. The molecule has 0 aliphatic carbocycles. The molecule has 108 valence electrons. The van der Waals surface area contributed by atoms with E-state index in [1.807, 2.05) is 27.7 Å². The molecule has 1 unspecified atom stereocenters. The number of carbonyl (C=O) groups excluding carboxylic acids is 1. The number of ether oxygens (including phenoxy) is 1. The average molecular weight is 276 g/mol. The molecular weight excluding hydrogens is 256 g/mol. The molecule has 2 heterocycles. The molecule has 1 aromatic rings. The number of amides is 1. The van der Waals surface area contributed by atoms with Crippen LogP contribution in [0.25, 0.3) is 0 Å². The Kier molecular flexibility index (Phi) is 3.46. The summed E-state index contributed by atoms with van der Waals surface area (Å²) in [5.74, 6) is 0. The van der Waals surface area contributed by atoms with Crippen molar-refractivity contribution in [3.05, 3.63) is 17.0 Å². The number of fused-ring (bicyclic) bond motifs is 1. The molecule has 0 saturated heterocycles. The van der Waals surface area contributed by atoms with Gasteiger partial charge >= 0.3 is 6.09 Å². The van der Waals surface area contributed by atoms with Gasteiger partial charge in [-0.1, -0.05) is 0 Å². The van der Waals surface area contributed by atoms with Crippen LogP contribution in [0.15, 0.2) is 0 Å². The topological polar surface area (TPSA) is 71.2 Å². The SMILES string of the molecule is CC1c2nn(C)c(C#N)c2CCN1C(=O)OC(C)(C)C. The molecule has 1 aliphatic rings. The van der Waals surface area contributed by atoms with E-state index < -0.39 is 5.60 Å². The molecule has 1 aliphatic heterocycles. The summed E-state index contributed by atoms with van der Waals surface area (Å²) in [4.78, 5) is 13.9. The summed E-state index contributed by atoms with van der Waals surface area (Å²) < 4.78 is 7.00. The second-order valence-corrected chi connectivity index (χ2v) is 6.05. The highest BCUT2D eigenvalue weighted by Gasteiger charge is 2.34. The number of nitrogens with zero attached hydrogens (tertiary/aromatic N) is 4. The Labute approximate surface area is 118 Å². The van der Waals surface area contributed by atoms with Gasteiger partial charge in [-0.15, -0.1) is 0 Å². The van der Waals surface area contributed by atoms with Gasteiger partial charge in [0.15, 0.2) is 0 Å². The van der Waals surface area contributed by atoms with Crippen molar-refractivity contribution in [1.29, 1.82) is 5.26 Å². The molecule has 20 heavy (non-hydrogen) atoms. The zero-order valence-corrected chi connectivity index (χ0v) is 12.6. The molecule has 0 radical (unpaired) electrons. The van der Waals surface area contributed by atoms with Gasteiger partial charge in [-0.2, -0.15) is 10.4 Å². The van der Waals surface area contributed by atoms with Crippen molar-refractivity contribution in [2.75, 3.05) is 6.54 Å². The average Bonchev–Trinajstić information content (AvgIpc) is 2.63. The van der Waals surface area contributed by atoms with Gasteiger partial charge in [0.2, 0.25) is 0 Å². The highest BCUT2D eigenvalue weighted by molar-refractivity contribution is 5.69. The number of rotatable bonds is 0. The third-order valence-electron chi connectivity index (χ3n) is 3.38. The van der Waals surface area contributed by atoms with Crippen molar-refractivity contribution < 1.29 is 9.53 Å². The van der Waals surface area contributed by atoms with Crippen LogP contribution in [0.1, 0.15) is 50.7 Å². The van der Waals surface area contributed by atoms with Crippen molar-refractivity contribution >= 4 is 6.09 Å². The fourth-order valence-corrected chi connectivity index (χ4v) is 2.45. The summed E-state index contributed by atoms with van der Waals surface area (Å²) in [5.41, 5.74) is 1.80. The second-order valence-electron chi connectivity index (χ2n) is 6.05. The highest BCUT2D eigenvalue weighted by Crippen LogP contribution is 2.31. The first kappa shape index (κ1) is 14.4. The predicted octanol–water partition coefficient (Wildman–Crippen LogP) is 2.15. The Bertz CT molecular complexity index is 577. The van der Waals surface area contributed by atoms with Gasteiger partial charge in [0.05, 0.1) is 11.7 Å². The fourth-order valence-electron chi connectivity index (χ4n) is 2.45. The van der Waals surface area contributed by atoms with Gasteiger partial charge in [-0.3, -0.25) is 9.58 Å². The van der Waals surface area contributed by atoms with Crippen molar-refractivity contribution in [1.82, 2.24) is 14.7 Å². The lowest BCUT2D eigenvalue weighted by molar-refractivity contribution is 0.0155. The van der Waals surface area contributed by atoms with Crippen molar-refractivity contribution in [3.8, 4) is 6.07 Å². The van der Waals surface area contributed by atoms with Crippen LogP contribution in [0.5, 0.6) is 0 Å². The number of hydrogen-bond acceptors (Lipinski definition) is 4. The smallest absolute Gasteiger partial charge is 0.410 e. The van der Waals surface area contributed by atoms with E-state index in [-0.39, 0.29) is 12.1 Å². The number of aromatic nitrogens is 2. The van der Waals surface area contributed by atoms with Gasteiger partial charge in [-0.05, 0) is 34.1 Å². The lowest BCUT2D eigenvalue weighted by Gasteiger charge is -2.34. The van der Waals surface area contributed by atoms with E-state index in [2.05, 4.69) is 11.2 Å². The number of hydrogen-bond donors (Lipinski definition) is 0. The summed E-state index contributed by atoms with van der Waals surface area (Å²) in [6, 6.07) is 1.99. The van der Waals surface area contributed by atoms with E-state index in [4.69, 9.17) is 10.00 Å². The summed E-state index contributed by atoms with van der Waals surface area (Å²) in [6.07, 6.45) is 0.301. The van der Waals surface area contributed by atoms with Crippen LogP contribution in [0.3, 0.4) is 0 Å². The van der Waals surface area contributed by atoms with E-state index in [1.54, 1.807) is 16.6 Å². The minimum atomic E-state index is -0.515. The molecule has 1 amide bonds. The monoisotopic (exact) mass is 276 g/mol. The molecule has 6 nitrogen and oxygen atoms in total. The van der Waals surface area contributed by atoms with E-state index in [1.165, 1.54) is 0 Å². The zero-order chi connectivity index (χ0) is 15.1. The highest BCUT2D eigenvalue weighted by atomic mass is 16.6. The number of carbonyl (C=O) groups is 1. The molecule has 0 bridgehead atoms. The van der Waals surface area contributed by atoms with E-state index in [0.29, 0.717) is 18.7 Å². The Morgan fingerprint density at radius 1 is 1.50 bits per heavy atom. The first-order chi connectivity index (χ1) is 9.24. The number of aryl methyl sites for hydroxylation is 1. The maximum Gasteiger partial charge on any atom is 0.410 e. The van der Waals surface area contributed by atoms with Crippen molar-refractivity contribution in [3.63, 3.8) is 0 Å². The summed E-state index contributed by atoms with van der Waals surface area (Å²) in [7, 11) is 1.75. The predicted molar refractivity (Wildman–Crippen MR) is 73.0 cm³/mol. The molecule has 0 fully saturated rings. The first-order valence-electron chi connectivity index (χ1n) is 6.70. The minimum absolute atomic E-state index is 0.179. The summed E-state index contributed by atoms with van der Waals surface area (Å²) >= 11 is 0. The van der Waals surface area contributed by atoms with Gasteiger partial charge in [-0.25, -0.2) is 4.79 Å². The molecule has 0 N–H and O–H groups in total. The number of nitriles is 1. The maximum atomic E-state index is 12.2. The molecular formula is C14H20N4O2. The maximum absolute atomic E-state index is 12.2. The van der Waals surface area contributed by atoms with Crippen LogP contribution >= 0.6 is 0 Å². The molecule has 2 rings (SSSR count). The van der Waals surface area contributed by atoms with E-state index in [0.717, 1.165) is 11.3 Å². The molecule has 0 saturated carbocycles.